The fourth-order valence-electron chi connectivity index (χ4n) is 3.50. The highest BCUT2D eigenvalue weighted by atomic mass is 16.3. The Kier molecular flexibility index (Phi) is 7.22. The van der Waals surface area contributed by atoms with Gasteiger partial charge in [0.15, 0.2) is 5.71 Å². The van der Waals surface area contributed by atoms with Crippen LogP contribution in [0.2, 0.25) is 0 Å². The molecule has 1 amide bonds. The lowest BCUT2D eigenvalue weighted by atomic mass is 10.00. The summed E-state index contributed by atoms with van der Waals surface area (Å²) in [5, 5.41) is 20.7. The second kappa shape index (κ2) is 10.1. The summed E-state index contributed by atoms with van der Waals surface area (Å²) in [5.74, 6) is -0.0402. The third-order valence-corrected chi connectivity index (χ3v) is 5.36. The van der Waals surface area contributed by atoms with Crippen LogP contribution < -0.4 is 5.43 Å². The molecule has 6 heteroatoms. The van der Waals surface area contributed by atoms with E-state index in [-0.39, 0.29) is 17.4 Å². The van der Waals surface area contributed by atoms with Crippen molar-refractivity contribution in [1.82, 2.24) is 5.01 Å². The Morgan fingerprint density at radius 2 is 1.77 bits per heavy atom. The minimum atomic E-state index is -0.202. The van der Waals surface area contributed by atoms with Crippen LogP contribution in [0.4, 0.5) is 5.69 Å². The van der Waals surface area contributed by atoms with Crippen LogP contribution in [0, 0.1) is 6.92 Å². The number of phenolic OH excluding ortho intramolecular Hbond substituents is 1. The molecule has 0 bridgehead atoms. The van der Waals surface area contributed by atoms with Crippen molar-refractivity contribution in [2.45, 2.75) is 52.9 Å². The first kappa shape index (κ1) is 21.6. The maximum atomic E-state index is 12.6. The zero-order chi connectivity index (χ0) is 21.5. The summed E-state index contributed by atoms with van der Waals surface area (Å²) in [6.07, 6.45) is 4.63. The van der Waals surface area contributed by atoms with Gasteiger partial charge in [-0.3, -0.25) is 10.2 Å². The summed E-state index contributed by atoms with van der Waals surface area (Å²) in [5.41, 5.74) is 7.57. The van der Waals surface area contributed by atoms with Gasteiger partial charge in [-0.25, -0.2) is 5.01 Å². The lowest BCUT2D eigenvalue weighted by molar-refractivity contribution is -0.123. The molecule has 0 saturated carbocycles. The molecule has 0 radical (unpaired) electrons. The van der Waals surface area contributed by atoms with Crippen LogP contribution in [0.15, 0.2) is 52.7 Å². The Bertz CT molecular complexity index is 965. The van der Waals surface area contributed by atoms with Crippen molar-refractivity contribution in [2.75, 3.05) is 12.0 Å². The Morgan fingerprint density at radius 1 is 1.03 bits per heavy atom. The second-order valence-electron chi connectivity index (χ2n) is 7.63. The average molecular weight is 407 g/mol. The van der Waals surface area contributed by atoms with E-state index in [0.29, 0.717) is 24.4 Å². The van der Waals surface area contributed by atoms with Crippen LogP contribution in [-0.4, -0.2) is 34.0 Å². The SMILES string of the molecule is CCCCCN1N=C(C)/C(=N/Nc2cccc(CCc3ccccc3C)c2O)C1=O. The molecular formula is C24H30N4O2. The third-order valence-electron chi connectivity index (χ3n) is 5.36. The minimum absolute atomic E-state index is 0.162. The average Bonchev–Trinajstić information content (AvgIpc) is 3.00. The van der Waals surface area contributed by atoms with Gasteiger partial charge >= 0.3 is 0 Å². The van der Waals surface area contributed by atoms with Crippen LogP contribution in [0.5, 0.6) is 5.75 Å². The second-order valence-corrected chi connectivity index (χ2v) is 7.63. The molecule has 2 aromatic rings. The van der Waals surface area contributed by atoms with Gasteiger partial charge in [-0.05, 0) is 55.9 Å². The first-order valence-corrected chi connectivity index (χ1v) is 10.6. The fourth-order valence-corrected chi connectivity index (χ4v) is 3.50. The highest BCUT2D eigenvalue weighted by molar-refractivity contribution is 6.68. The number of hydrogen-bond acceptors (Lipinski definition) is 5. The molecule has 2 N–H and O–H groups in total. The predicted octanol–water partition coefficient (Wildman–Crippen LogP) is 4.66. The van der Waals surface area contributed by atoms with E-state index in [1.54, 1.807) is 13.0 Å². The summed E-state index contributed by atoms with van der Waals surface area (Å²) in [6, 6.07) is 13.8. The number of nitrogens with one attached hydrogen (secondary N) is 1. The number of amides is 1. The van der Waals surface area contributed by atoms with E-state index >= 15 is 0 Å². The molecule has 2 aromatic carbocycles. The third kappa shape index (κ3) is 5.06. The van der Waals surface area contributed by atoms with Crippen molar-refractivity contribution < 1.29 is 9.90 Å². The number of carbonyl (C=O) groups is 1. The maximum Gasteiger partial charge on any atom is 0.296 e. The number of rotatable bonds is 9. The first-order valence-electron chi connectivity index (χ1n) is 10.6. The number of benzene rings is 2. The number of unbranched alkanes of at least 4 members (excludes halogenated alkanes) is 2. The number of nitrogens with zero attached hydrogens (tertiary/aromatic N) is 3. The minimum Gasteiger partial charge on any atom is -0.505 e. The van der Waals surface area contributed by atoms with Crippen molar-refractivity contribution >= 4 is 23.0 Å². The van der Waals surface area contributed by atoms with Crippen molar-refractivity contribution in [3.8, 4) is 5.75 Å². The van der Waals surface area contributed by atoms with Crippen molar-refractivity contribution in [3.05, 3.63) is 59.2 Å². The highest BCUT2D eigenvalue weighted by Crippen LogP contribution is 2.29. The van der Waals surface area contributed by atoms with E-state index in [1.807, 2.05) is 24.3 Å². The lowest BCUT2D eigenvalue weighted by Gasteiger charge is -2.11. The molecule has 1 aliphatic rings. The summed E-state index contributed by atoms with van der Waals surface area (Å²) in [6.45, 7) is 6.59. The summed E-state index contributed by atoms with van der Waals surface area (Å²) in [7, 11) is 0. The summed E-state index contributed by atoms with van der Waals surface area (Å²) in [4.78, 5) is 12.6. The topological polar surface area (TPSA) is 77.3 Å². The Balaban J connectivity index is 1.67. The van der Waals surface area contributed by atoms with E-state index < -0.39 is 0 Å². The zero-order valence-electron chi connectivity index (χ0n) is 18.0. The quantitative estimate of drug-likeness (QED) is 0.361. The van der Waals surface area contributed by atoms with E-state index in [4.69, 9.17) is 0 Å². The first-order chi connectivity index (χ1) is 14.5. The molecule has 0 fully saturated rings. The lowest BCUT2D eigenvalue weighted by Crippen LogP contribution is -2.28. The van der Waals surface area contributed by atoms with Crippen molar-refractivity contribution in [1.29, 1.82) is 0 Å². The molecule has 30 heavy (non-hydrogen) atoms. The van der Waals surface area contributed by atoms with Gasteiger partial charge in [0.1, 0.15) is 5.75 Å². The maximum absolute atomic E-state index is 12.6. The number of hydrazone groups is 2. The van der Waals surface area contributed by atoms with Crippen molar-refractivity contribution in [3.63, 3.8) is 0 Å². The van der Waals surface area contributed by atoms with Gasteiger partial charge in [0.05, 0.1) is 11.4 Å². The number of para-hydroxylation sites is 1. The fraction of sp³-hybridized carbons (Fsp3) is 0.375. The molecular weight excluding hydrogens is 376 g/mol. The van der Waals surface area contributed by atoms with Crippen LogP contribution >= 0.6 is 0 Å². The standard InChI is InChI=1S/C24H30N4O2/c1-4-5-8-16-28-24(30)22(18(3)27-28)26-25-21-13-9-12-20(23(21)29)15-14-19-11-7-6-10-17(19)2/h6-7,9-13,25,29H,4-5,8,14-16H2,1-3H3/b26-22-. The van der Waals surface area contributed by atoms with E-state index in [2.05, 4.69) is 41.6 Å². The Hall–Kier alpha value is -3.15. The zero-order valence-corrected chi connectivity index (χ0v) is 18.0. The van der Waals surface area contributed by atoms with Gasteiger partial charge in [0, 0.05) is 6.54 Å². The highest BCUT2D eigenvalue weighted by Gasteiger charge is 2.29. The van der Waals surface area contributed by atoms with E-state index in [1.165, 1.54) is 16.1 Å². The van der Waals surface area contributed by atoms with E-state index in [9.17, 15) is 9.90 Å². The largest absolute Gasteiger partial charge is 0.505 e. The summed E-state index contributed by atoms with van der Waals surface area (Å²) >= 11 is 0. The number of carbonyl (C=O) groups excluding carboxylic acids is 1. The summed E-state index contributed by atoms with van der Waals surface area (Å²) < 4.78 is 0. The molecule has 0 unspecified atom stereocenters. The molecule has 0 aromatic heterocycles. The number of anilines is 1. The number of aromatic hydroxyl groups is 1. The molecule has 0 saturated heterocycles. The predicted molar refractivity (Wildman–Crippen MR) is 122 cm³/mol. The molecule has 1 aliphatic heterocycles. The van der Waals surface area contributed by atoms with Gasteiger partial charge in [-0.1, -0.05) is 56.2 Å². The monoisotopic (exact) mass is 406 g/mol. The van der Waals surface area contributed by atoms with Gasteiger partial charge in [0.2, 0.25) is 0 Å². The van der Waals surface area contributed by atoms with Gasteiger partial charge in [-0.2, -0.15) is 10.2 Å². The van der Waals surface area contributed by atoms with Gasteiger partial charge < -0.3 is 5.11 Å². The molecule has 0 spiro atoms. The molecule has 158 valence electrons. The molecule has 0 atom stereocenters. The smallest absolute Gasteiger partial charge is 0.296 e. The Morgan fingerprint density at radius 3 is 2.53 bits per heavy atom. The molecule has 1 heterocycles. The Labute approximate surface area is 178 Å². The van der Waals surface area contributed by atoms with Crippen molar-refractivity contribution in [2.24, 2.45) is 10.2 Å². The van der Waals surface area contributed by atoms with Crippen LogP contribution in [-0.2, 0) is 17.6 Å². The number of aryl methyl sites for hydroxylation is 3. The van der Waals surface area contributed by atoms with Crippen LogP contribution in [0.3, 0.4) is 0 Å². The van der Waals surface area contributed by atoms with Gasteiger partial charge in [0.25, 0.3) is 5.91 Å². The van der Waals surface area contributed by atoms with Gasteiger partial charge in [-0.15, -0.1) is 0 Å². The number of hydrogen-bond donors (Lipinski definition) is 2. The molecule has 6 nitrogen and oxygen atoms in total. The van der Waals surface area contributed by atoms with Crippen LogP contribution in [0.1, 0.15) is 49.8 Å². The normalized spacial score (nSPS) is 15.0. The van der Waals surface area contributed by atoms with E-state index in [0.717, 1.165) is 31.2 Å². The number of phenols is 1. The molecule has 0 aliphatic carbocycles. The van der Waals surface area contributed by atoms with Crippen LogP contribution in [0.25, 0.3) is 0 Å². The molecule has 3 rings (SSSR count).